The topological polar surface area (TPSA) is 134 Å². The summed E-state index contributed by atoms with van der Waals surface area (Å²) in [5.41, 5.74) is 4.64. The van der Waals surface area contributed by atoms with E-state index in [9.17, 15) is 19.9 Å². The van der Waals surface area contributed by atoms with Crippen LogP contribution in [0.2, 0.25) is 0 Å². The van der Waals surface area contributed by atoms with E-state index in [1.165, 1.54) is 0 Å². The molecule has 5 rings (SSSR count). The molecule has 0 atom stereocenters. The van der Waals surface area contributed by atoms with Crippen LogP contribution in [0, 0.1) is 20.8 Å². The van der Waals surface area contributed by atoms with Gasteiger partial charge in [0.05, 0.1) is 32.8 Å². The van der Waals surface area contributed by atoms with Gasteiger partial charge in [-0.05, 0) is 55.5 Å². The Bertz CT molecular complexity index is 1750. The van der Waals surface area contributed by atoms with Crippen LogP contribution in [0.4, 0.5) is 5.82 Å². The lowest BCUT2D eigenvalue weighted by Gasteiger charge is -2.27. The summed E-state index contributed by atoms with van der Waals surface area (Å²) >= 11 is 1.09. The fraction of sp³-hybridized carbons (Fsp3) is 0.412. The van der Waals surface area contributed by atoms with Gasteiger partial charge in [-0.2, -0.15) is 4.47 Å². The number of carbonyl (C=O) groups is 1. The molecule has 1 aliphatic rings. The molecule has 1 amide bonds. The first-order valence-corrected chi connectivity index (χ1v) is 16.4. The van der Waals surface area contributed by atoms with Crippen molar-refractivity contribution in [1.82, 2.24) is 19.6 Å². The Kier molecular flexibility index (Phi) is 10.9. The molecule has 11 nitrogen and oxygen atoms in total. The van der Waals surface area contributed by atoms with Crippen LogP contribution in [0.5, 0.6) is 0 Å². The van der Waals surface area contributed by atoms with Crippen molar-refractivity contribution in [3.63, 3.8) is 0 Å². The molecule has 0 saturated carbocycles. The average Bonchev–Trinajstić information content (AvgIpc) is 3.41. The molecule has 2 aromatic heterocycles. The number of morpholine rings is 1. The lowest BCUT2D eigenvalue weighted by molar-refractivity contribution is -0.134. The quantitative estimate of drug-likeness (QED) is 0.160. The third kappa shape index (κ3) is 7.36. The molecule has 46 heavy (non-hydrogen) atoms. The maximum absolute atomic E-state index is 14.0. The highest BCUT2D eigenvalue weighted by molar-refractivity contribution is 8.00. The Labute approximate surface area is 272 Å². The monoisotopic (exact) mass is 647 g/mol. The molecule has 0 radical (unpaired) electrons. The van der Waals surface area contributed by atoms with Gasteiger partial charge in [0, 0.05) is 53.2 Å². The van der Waals surface area contributed by atoms with Crippen molar-refractivity contribution in [1.29, 1.82) is 0 Å². The van der Waals surface area contributed by atoms with Crippen LogP contribution in [0.25, 0.3) is 11.1 Å². The number of unbranched alkanes of at least 4 members (excludes halogenated alkanes) is 1. The Morgan fingerprint density at radius 2 is 1.85 bits per heavy atom. The number of aryl methyl sites for hydroxylation is 3. The molecule has 0 aliphatic carbocycles. The maximum atomic E-state index is 14.0. The molecule has 2 aromatic carbocycles. The van der Waals surface area contributed by atoms with E-state index in [0.29, 0.717) is 66.9 Å². The van der Waals surface area contributed by atoms with Gasteiger partial charge in [-0.1, -0.05) is 54.9 Å². The molecular formula is C34H41N5O6S. The van der Waals surface area contributed by atoms with Crippen molar-refractivity contribution >= 4 is 23.7 Å². The summed E-state index contributed by atoms with van der Waals surface area (Å²) in [5.74, 6) is 1.52. The fourth-order valence-corrected chi connectivity index (χ4v) is 6.39. The number of aliphatic hydroxyl groups excluding tert-OH is 1. The van der Waals surface area contributed by atoms with E-state index < -0.39 is 0 Å². The Morgan fingerprint density at radius 3 is 2.54 bits per heavy atom. The number of hydrogen-bond acceptors (Lipinski definition) is 10. The smallest absolute Gasteiger partial charge is 0.257 e. The van der Waals surface area contributed by atoms with Gasteiger partial charge in [0.2, 0.25) is 11.7 Å². The highest BCUT2D eigenvalue weighted by Gasteiger charge is 2.23. The van der Waals surface area contributed by atoms with Crippen LogP contribution in [0.3, 0.4) is 0 Å². The van der Waals surface area contributed by atoms with Crippen molar-refractivity contribution in [3.8, 4) is 11.1 Å². The number of ether oxygens (including phenoxy) is 1. The average molecular weight is 648 g/mol. The third-order valence-electron chi connectivity index (χ3n) is 8.35. The summed E-state index contributed by atoms with van der Waals surface area (Å²) in [7, 11) is 0. The Hall–Kier alpha value is -3.97. The Balaban J connectivity index is 1.45. The molecule has 0 unspecified atom stereocenters. The molecule has 12 heteroatoms. The zero-order valence-corrected chi connectivity index (χ0v) is 27.6. The molecular weight excluding hydrogens is 606 g/mol. The molecule has 0 bridgehead atoms. The van der Waals surface area contributed by atoms with Crippen molar-refractivity contribution in [2.24, 2.45) is 0 Å². The fourth-order valence-electron chi connectivity index (χ4n) is 5.54. The van der Waals surface area contributed by atoms with E-state index in [4.69, 9.17) is 14.2 Å². The van der Waals surface area contributed by atoms with Crippen LogP contribution >= 0.6 is 11.9 Å². The molecule has 244 valence electrons. The zero-order chi connectivity index (χ0) is 32.8. The summed E-state index contributed by atoms with van der Waals surface area (Å²) < 4.78 is 13.3. The second-order valence-corrected chi connectivity index (χ2v) is 12.4. The number of nitrogens with zero attached hydrogens (tertiary/aromatic N) is 5. The molecule has 0 spiro atoms. The number of benzene rings is 2. The first-order chi connectivity index (χ1) is 22.2. The number of anilines is 1. The van der Waals surface area contributed by atoms with Gasteiger partial charge in [0.25, 0.3) is 5.56 Å². The summed E-state index contributed by atoms with van der Waals surface area (Å²) in [5, 5.41) is 25.2. The number of aromatic nitrogens is 3. The number of aliphatic hydroxyl groups is 1. The third-order valence-corrected chi connectivity index (χ3v) is 9.25. The van der Waals surface area contributed by atoms with Crippen LogP contribution < -0.4 is 10.0 Å². The predicted molar refractivity (Wildman–Crippen MR) is 176 cm³/mol. The van der Waals surface area contributed by atoms with E-state index in [2.05, 4.69) is 12.1 Å². The van der Waals surface area contributed by atoms with Gasteiger partial charge in [-0.3, -0.25) is 19.4 Å². The second kappa shape index (κ2) is 15.1. The normalized spacial score (nSPS) is 13.3. The molecule has 3 heterocycles. The van der Waals surface area contributed by atoms with E-state index in [1.54, 1.807) is 23.3 Å². The van der Waals surface area contributed by atoms with Gasteiger partial charge >= 0.3 is 0 Å². The zero-order valence-electron chi connectivity index (χ0n) is 26.8. The van der Waals surface area contributed by atoms with E-state index >= 15 is 0 Å². The largest absolute Gasteiger partial charge is 0.392 e. The van der Waals surface area contributed by atoms with Crippen LogP contribution in [0.15, 0.2) is 56.7 Å². The lowest BCUT2D eigenvalue weighted by atomic mass is 9.97. The van der Waals surface area contributed by atoms with Gasteiger partial charge in [-0.25, -0.2) is 4.98 Å². The van der Waals surface area contributed by atoms with E-state index in [-0.39, 0.29) is 31.0 Å². The van der Waals surface area contributed by atoms with E-state index in [0.717, 1.165) is 56.4 Å². The summed E-state index contributed by atoms with van der Waals surface area (Å²) in [6.45, 7) is 9.55. The highest BCUT2D eigenvalue weighted by Crippen LogP contribution is 2.37. The standard InChI is InChI=1S/C34H41N5O6S/c1-5-6-11-31-35-23(3)29(19-32(41)37-14-16-44-17-15-37)34(42)38(31)20-25-12-13-27(26(18-25)21-40)28-9-7-8-10-30(28)46-39(43)33-22(2)24(4)45-36-33/h7-10,12-13,18,40,43H,5-6,11,14-17,19-21H2,1-4H3. The highest BCUT2D eigenvalue weighted by atomic mass is 32.2. The van der Waals surface area contributed by atoms with Gasteiger partial charge in [0.1, 0.15) is 11.6 Å². The van der Waals surface area contributed by atoms with Gasteiger partial charge < -0.3 is 19.3 Å². The Morgan fingerprint density at radius 1 is 1.09 bits per heavy atom. The molecule has 1 fully saturated rings. The minimum Gasteiger partial charge on any atom is -0.392 e. The first-order valence-electron chi connectivity index (χ1n) is 15.6. The van der Waals surface area contributed by atoms with E-state index in [1.807, 2.05) is 49.4 Å². The van der Waals surface area contributed by atoms with Crippen molar-refractivity contribution in [3.05, 3.63) is 92.4 Å². The predicted octanol–water partition coefficient (Wildman–Crippen LogP) is 5.01. The van der Waals surface area contributed by atoms with Crippen molar-refractivity contribution < 1.29 is 24.4 Å². The number of hydrogen-bond donors (Lipinski definition) is 2. The minimum atomic E-state index is -0.227. The first kappa shape index (κ1) is 33.4. The molecule has 2 N–H and O–H groups in total. The lowest BCUT2D eigenvalue weighted by Crippen LogP contribution is -2.42. The van der Waals surface area contributed by atoms with Crippen molar-refractivity contribution in [2.75, 3.05) is 30.8 Å². The van der Waals surface area contributed by atoms with Gasteiger partial charge in [-0.15, -0.1) is 0 Å². The molecule has 1 saturated heterocycles. The number of rotatable bonds is 12. The SMILES string of the molecule is CCCCc1nc(C)c(CC(=O)N2CCOCC2)c(=O)n1Cc1ccc(-c2ccccc2SN(O)c2noc(C)c2C)c(CO)c1. The van der Waals surface area contributed by atoms with Crippen LogP contribution in [-0.4, -0.2) is 62.1 Å². The summed E-state index contributed by atoms with van der Waals surface area (Å²) in [4.78, 5) is 34.4. The van der Waals surface area contributed by atoms with Gasteiger partial charge in [0.15, 0.2) is 0 Å². The van der Waals surface area contributed by atoms with Crippen molar-refractivity contribution in [2.45, 2.75) is 71.4 Å². The van der Waals surface area contributed by atoms with Crippen LogP contribution in [0.1, 0.15) is 59.3 Å². The molecule has 1 aliphatic heterocycles. The minimum absolute atomic E-state index is 0.00366. The second-order valence-electron chi connectivity index (χ2n) is 11.5. The number of carbonyl (C=O) groups excluding carboxylic acids is 1. The summed E-state index contributed by atoms with van der Waals surface area (Å²) in [6.07, 6.45) is 2.47. The summed E-state index contributed by atoms with van der Waals surface area (Å²) in [6, 6.07) is 13.4. The van der Waals surface area contributed by atoms with Crippen LogP contribution in [-0.2, 0) is 35.5 Å². The number of amides is 1. The maximum Gasteiger partial charge on any atom is 0.257 e. The molecule has 4 aromatic rings.